The zero-order chi connectivity index (χ0) is 7.73. The summed E-state index contributed by atoms with van der Waals surface area (Å²) < 4.78 is 0.618. The molecular weight excluding hydrogens is 156 g/mol. The summed E-state index contributed by atoms with van der Waals surface area (Å²) >= 11 is 2.02. The fourth-order valence-electron chi connectivity index (χ4n) is 2.60. The lowest BCUT2D eigenvalue weighted by Gasteiger charge is -2.25. The number of aliphatic hydroxyl groups is 1. The minimum Gasteiger partial charge on any atom is -0.396 e. The third kappa shape index (κ3) is 1.43. The number of thioether (sulfide) groups is 1. The van der Waals surface area contributed by atoms with Crippen LogP contribution < -0.4 is 0 Å². The van der Waals surface area contributed by atoms with E-state index in [1.165, 1.54) is 32.1 Å². The molecule has 0 saturated heterocycles. The number of rotatable bonds is 3. The lowest BCUT2D eigenvalue weighted by molar-refractivity contribution is 0.322. The van der Waals surface area contributed by atoms with Crippen LogP contribution in [0, 0.1) is 5.92 Å². The summed E-state index contributed by atoms with van der Waals surface area (Å²) in [7, 11) is 0. The van der Waals surface area contributed by atoms with Crippen molar-refractivity contribution in [3.8, 4) is 0 Å². The standard InChI is InChI=1S/C9H16OS/c10-5-6-11-9-3-1-8(7-9)2-4-9/h8,10H,1-7H2. The summed E-state index contributed by atoms with van der Waals surface area (Å²) in [6.07, 6.45) is 7.19. The Bertz CT molecular complexity index is 138. The Morgan fingerprint density at radius 1 is 1.36 bits per heavy atom. The van der Waals surface area contributed by atoms with Crippen molar-refractivity contribution in [1.29, 1.82) is 0 Å². The first-order chi connectivity index (χ1) is 5.35. The van der Waals surface area contributed by atoms with Gasteiger partial charge in [-0.3, -0.25) is 0 Å². The maximum absolute atomic E-state index is 8.73. The van der Waals surface area contributed by atoms with Crippen molar-refractivity contribution in [3.05, 3.63) is 0 Å². The van der Waals surface area contributed by atoms with Crippen LogP contribution in [-0.4, -0.2) is 22.2 Å². The predicted molar refractivity (Wildman–Crippen MR) is 48.8 cm³/mol. The van der Waals surface area contributed by atoms with Crippen LogP contribution in [-0.2, 0) is 0 Å². The second-order valence-corrected chi connectivity index (χ2v) is 5.47. The van der Waals surface area contributed by atoms with Crippen LogP contribution in [0.4, 0.5) is 0 Å². The molecular formula is C9H16OS. The van der Waals surface area contributed by atoms with Gasteiger partial charge >= 0.3 is 0 Å². The van der Waals surface area contributed by atoms with Crippen molar-refractivity contribution >= 4 is 11.8 Å². The van der Waals surface area contributed by atoms with E-state index in [9.17, 15) is 0 Å². The molecule has 0 heterocycles. The number of fused-ring (bicyclic) bond motifs is 2. The Labute approximate surface area is 72.6 Å². The van der Waals surface area contributed by atoms with Gasteiger partial charge in [0.1, 0.15) is 0 Å². The molecule has 0 unspecified atom stereocenters. The molecule has 0 amide bonds. The second kappa shape index (κ2) is 2.98. The van der Waals surface area contributed by atoms with Crippen molar-refractivity contribution in [2.75, 3.05) is 12.4 Å². The zero-order valence-corrected chi connectivity index (χ0v) is 7.70. The van der Waals surface area contributed by atoms with E-state index in [4.69, 9.17) is 5.11 Å². The van der Waals surface area contributed by atoms with Crippen molar-refractivity contribution < 1.29 is 5.11 Å². The average molecular weight is 172 g/mol. The Balaban J connectivity index is 1.89. The Morgan fingerprint density at radius 3 is 2.55 bits per heavy atom. The molecule has 1 nitrogen and oxygen atoms in total. The lowest BCUT2D eigenvalue weighted by Crippen LogP contribution is -2.18. The van der Waals surface area contributed by atoms with Crippen molar-refractivity contribution in [1.82, 2.24) is 0 Å². The second-order valence-electron chi connectivity index (χ2n) is 3.90. The summed E-state index contributed by atoms with van der Waals surface area (Å²) in [5, 5.41) is 8.73. The van der Waals surface area contributed by atoms with E-state index in [0.29, 0.717) is 11.4 Å². The molecule has 0 spiro atoms. The molecule has 0 aliphatic heterocycles. The molecule has 0 aromatic rings. The molecule has 2 saturated carbocycles. The fraction of sp³-hybridized carbons (Fsp3) is 1.00. The Morgan fingerprint density at radius 2 is 2.09 bits per heavy atom. The highest BCUT2D eigenvalue weighted by Gasteiger charge is 2.44. The minimum absolute atomic E-state index is 0.358. The molecule has 2 heteroatoms. The van der Waals surface area contributed by atoms with E-state index in [2.05, 4.69) is 0 Å². The Kier molecular flexibility index (Phi) is 2.15. The predicted octanol–water partition coefficient (Wildman–Crippen LogP) is 2.04. The molecule has 0 atom stereocenters. The van der Waals surface area contributed by atoms with Gasteiger partial charge in [-0.2, -0.15) is 11.8 Å². The maximum atomic E-state index is 8.73. The molecule has 2 aliphatic carbocycles. The van der Waals surface area contributed by atoms with Gasteiger partial charge in [0.05, 0.1) is 6.61 Å². The zero-order valence-electron chi connectivity index (χ0n) is 6.88. The molecule has 1 N–H and O–H groups in total. The van der Waals surface area contributed by atoms with Crippen molar-refractivity contribution in [3.63, 3.8) is 0 Å². The van der Waals surface area contributed by atoms with Crippen LogP contribution in [0.1, 0.15) is 32.1 Å². The van der Waals surface area contributed by atoms with Crippen molar-refractivity contribution in [2.24, 2.45) is 5.92 Å². The van der Waals surface area contributed by atoms with E-state index in [1.54, 1.807) is 0 Å². The molecule has 11 heavy (non-hydrogen) atoms. The van der Waals surface area contributed by atoms with Gasteiger partial charge in [0.25, 0.3) is 0 Å². The van der Waals surface area contributed by atoms with Crippen LogP contribution in [0.5, 0.6) is 0 Å². The summed E-state index contributed by atoms with van der Waals surface area (Å²) in [5.74, 6) is 1.99. The van der Waals surface area contributed by atoms with Gasteiger partial charge in [-0.15, -0.1) is 0 Å². The van der Waals surface area contributed by atoms with Crippen LogP contribution in [0.3, 0.4) is 0 Å². The third-order valence-corrected chi connectivity index (χ3v) is 4.75. The summed E-state index contributed by atoms with van der Waals surface area (Å²) in [6, 6.07) is 0. The van der Waals surface area contributed by atoms with Gasteiger partial charge in [-0.05, 0) is 38.0 Å². The molecule has 2 rings (SSSR count). The van der Waals surface area contributed by atoms with Crippen LogP contribution in [0.15, 0.2) is 0 Å². The van der Waals surface area contributed by atoms with E-state index in [0.717, 1.165) is 11.7 Å². The average Bonchev–Trinajstić information content (AvgIpc) is 2.60. The first-order valence-electron chi connectivity index (χ1n) is 4.59. The summed E-state index contributed by atoms with van der Waals surface area (Å²) in [4.78, 5) is 0. The van der Waals surface area contributed by atoms with Gasteiger partial charge in [0.2, 0.25) is 0 Å². The van der Waals surface area contributed by atoms with E-state index in [-0.39, 0.29) is 0 Å². The summed E-state index contributed by atoms with van der Waals surface area (Å²) in [5.41, 5.74) is 0. The van der Waals surface area contributed by atoms with E-state index >= 15 is 0 Å². The van der Waals surface area contributed by atoms with Crippen LogP contribution in [0.2, 0.25) is 0 Å². The third-order valence-electron chi connectivity index (χ3n) is 3.18. The van der Waals surface area contributed by atoms with Crippen LogP contribution >= 0.6 is 11.8 Å². The molecule has 0 aromatic carbocycles. The van der Waals surface area contributed by atoms with E-state index in [1.807, 2.05) is 11.8 Å². The van der Waals surface area contributed by atoms with Gasteiger partial charge in [-0.1, -0.05) is 0 Å². The highest BCUT2D eigenvalue weighted by atomic mass is 32.2. The molecule has 2 aliphatic rings. The molecule has 64 valence electrons. The quantitative estimate of drug-likeness (QED) is 0.703. The van der Waals surface area contributed by atoms with Gasteiger partial charge < -0.3 is 5.11 Å². The molecule has 0 radical (unpaired) electrons. The number of hydrogen-bond donors (Lipinski definition) is 1. The molecule has 2 bridgehead atoms. The summed E-state index contributed by atoms with van der Waals surface area (Å²) in [6.45, 7) is 0.358. The smallest absolute Gasteiger partial charge is 0.0521 e. The molecule has 0 aromatic heterocycles. The normalized spacial score (nSPS) is 41.7. The number of aliphatic hydroxyl groups excluding tert-OH is 1. The highest BCUT2D eigenvalue weighted by molar-refractivity contribution is 8.00. The van der Waals surface area contributed by atoms with Gasteiger partial charge in [0.15, 0.2) is 0 Å². The number of hydrogen-bond acceptors (Lipinski definition) is 2. The van der Waals surface area contributed by atoms with Crippen LogP contribution in [0.25, 0.3) is 0 Å². The molecule has 2 fully saturated rings. The van der Waals surface area contributed by atoms with E-state index < -0.39 is 0 Å². The topological polar surface area (TPSA) is 20.2 Å². The minimum atomic E-state index is 0.358. The van der Waals surface area contributed by atoms with Gasteiger partial charge in [0, 0.05) is 10.5 Å². The Hall–Kier alpha value is 0.310. The van der Waals surface area contributed by atoms with Crippen molar-refractivity contribution in [2.45, 2.75) is 36.9 Å². The lowest BCUT2D eigenvalue weighted by atomic mass is 10.0. The first kappa shape index (κ1) is 7.93. The van der Waals surface area contributed by atoms with Gasteiger partial charge in [-0.25, -0.2) is 0 Å². The fourth-order valence-corrected chi connectivity index (χ4v) is 4.01. The largest absolute Gasteiger partial charge is 0.396 e. The SMILES string of the molecule is OCCSC12CCC(CC1)C2. The first-order valence-corrected chi connectivity index (χ1v) is 5.58. The monoisotopic (exact) mass is 172 g/mol. The maximum Gasteiger partial charge on any atom is 0.0521 e. The highest BCUT2D eigenvalue weighted by Crippen LogP contribution is 2.55.